The van der Waals surface area contributed by atoms with Gasteiger partial charge in [0.1, 0.15) is 0 Å². The first-order valence-electron chi connectivity index (χ1n) is 6.37. The number of rotatable bonds is 10. The molecule has 0 unspecified atom stereocenters. The number of unbranched alkanes of at least 4 members (excludes halogenated alkanes) is 1. The van der Waals surface area contributed by atoms with Gasteiger partial charge < -0.3 is 5.32 Å². The smallest absolute Gasteiger partial charge is 0.241 e. The fourth-order valence-electron chi connectivity index (χ4n) is 1.50. The maximum atomic E-state index is 12.0. The average molecular weight is 323 g/mol. The summed E-state index contributed by atoms with van der Waals surface area (Å²) in [6.45, 7) is 4.15. The molecule has 4 nitrogen and oxygen atoms in total. The molecule has 7 heteroatoms. The predicted octanol–water partition coefficient (Wildman–Crippen LogP) is 2.28. The van der Waals surface area contributed by atoms with Gasteiger partial charge in [-0.05, 0) is 37.5 Å². The highest BCUT2D eigenvalue weighted by Gasteiger charge is 2.15. The number of hydrogen-bond acceptors (Lipinski definition) is 5. The highest BCUT2D eigenvalue weighted by atomic mass is 32.2. The Morgan fingerprint density at radius 1 is 1.37 bits per heavy atom. The lowest BCUT2D eigenvalue weighted by Gasteiger charge is -2.04. The number of nitrogens with one attached hydrogen (secondary N) is 2. The summed E-state index contributed by atoms with van der Waals surface area (Å²) in [7, 11) is -3.33. The lowest BCUT2D eigenvalue weighted by atomic mass is 10.3. The van der Waals surface area contributed by atoms with E-state index in [9.17, 15) is 8.42 Å². The van der Waals surface area contributed by atoms with Gasteiger partial charge in [0.2, 0.25) is 10.0 Å². The summed E-state index contributed by atoms with van der Waals surface area (Å²) in [4.78, 5) is 1.43. The van der Waals surface area contributed by atoms with Crippen LogP contribution in [0.1, 0.15) is 24.6 Å². The van der Waals surface area contributed by atoms with Crippen LogP contribution in [0.15, 0.2) is 16.3 Å². The quantitative estimate of drug-likeness (QED) is 0.649. The maximum Gasteiger partial charge on any atom is 0.241 e. The molecule has 2 N–H and O–H groups in total. The second kappa shape index (κ2) is 8.97. The maximum absolute atomic E-state index is 12.0. The van der Waals surface area contributed by atoms with Gasteiger partial charge in [0.15, 0.2) is 0 Å². The van der Waals surface area contributed by atoms with Gasteiger partial charge in [-0.15, -0.1) is 11.3 Å². The van der Waals surface area contributed by atoms with E-state index in [4.69, 9.17) is 0 Å². The molecule has 0 bridgehead atoms. The Morgan fingerprint density at radius 3 is 2.84 bits per heavy atom. The number of hydrogen-bond donors (Lipinski definition) is 2. The van der Waals surface area contributed by atoms with E-state index in [1.165, 1.54) is 11.3 Å². The predicted molar refractivity (Wildman–Crippen MR) is 84.5 cm³/mol. The molecule has 19 heavy (non-hydrogen) atoms. The molecule has 0 radical (unpaired) electrons. The minimum absolute atomic E-state index is 0.385. The molecule has 0 amide bonds. The number of sulfonamides is 1. The first-order chi connectivity index (χ1) is 9.10. The third kappa shape index (κ3) is 6.27. The fraction of sp³-hybridized carbons (Fsp3) is 0.667. The van der Waals surface area contributed by atoms with Crippen molar-refractivity contribution in [2.75, 3.05) is 25.1 Å². The van der Waals surface area contributed by atoms with Gasteiger partial charge in [-0.25, -0.2) is 13.1 Å². The Labute approximate surface area is 124 Å². The topological polar surface area (TPSA) is 58.2 Å². The normalized spacial score (nSPS) is 11.9. The summed E-state index contributed by atoms with van der Waals surface area (Å²) >= 11 is 3.26. The first-order valence-corrected chi connectivity index (χ1v) is 10.1. The van der Waals surface area contributed by atoms with Crippen LogP contribution >= 0.6 is 23.1 Å². The van der Waals surface area contributed by atoms with Gasteiger partial charge in [-0.2, -0.15) is 11.8 Å². The fourth-order valence-corrected chi connectivity index (χ4v) is 4.32. The van der Waals surface area contributed by atoms with Crippen molar-refractivity contribution in [3.05, 3.63) is 16.3 Å². The minimum atomic E-state index is -3.33. The third-order valence-electron chi connectivity index (χ3n) is 2.56. The van der Waals surface area contributed by atoms with Crippen molar-refractivity contribution in [1.29, 1.82) is 0 Å². The molecule has 0 aromatic carbocycles. The zero-order chi connectivity index (χ0) is 14.1. The summed E-state index contributed by atoms with van der Waals surface area (Å²) in [5.74, 6) is 1.08. The molecule has 0 aliphatic carbocycles. The van der Waals surface area contributed by atoms with E-state index in [1.807, 2.05) is 6.92 Å². The Hall–Kier alpha value is -0.0800. The zero-order valence-corrected chi connectivity index (χ0v) is 13.9. The molecule has 1 aromatic rings. The summed E-state index contributed by atoms with van der Waals surface area (Å²) < 4.78 is 26.7. The van der Waals surface area contributed by atoms with Crippen LogP contribution in [0.3, 0.4) is 0 Å². The SMILES string of the molecule is CCNCc1cc(S(=O)(=O)NCCCCSC)cs1. The van der Waals surface area contributed by atoms with E-state index in [-0.39, 0.29) is 0 Å². The molecule has 0 spiro atoms. The van der Waals surface area contributed by atoms with Crippen molar-refractivity contribution in [2.45, 2.75) is 31.2 Å². The Morgan fingerprint density at radius 2 is 2.16 bits per heavy atom. The zero-order valence-electron chi connectivity index (χ0n) is 11.4. The van der Waals surface area contributed by atoms with Crippen LogP contribution in [0.5, 0.6) is 0 Å². The van der Waals surface area contributed by atoms with E-state index in [0.717, 1.165) is 36.6 Å². The van der Waals surface area contributed by atoms with Gasteiger partial charge in [0, 0.05) is 23.3 Å². The van der Waals surface area contributed by atoms with Crippen LogP contribution in [0.25, 0.3) is 0 Å². The standard InChI is InChI=1S/C12H22N2O2S3/c1-3-13-9-11-8-12(10-18-11)19(15,16)14-6-4-5-7-17-2/h8,10,13-14H,3-7,9H2,1-2H3. The van der Waals surface area contributed by atoms with Crippen LogP contribution in [-0.4, -0.2) is 33.5 Å². The molecule has 0 atom stereocenters. The molecule has 0 aliphatic rings. The Kier molecular flexibility index (Phi) is 8.01. The van der Waals surface area contributed by atoms with Crippen molar-refractivity contribution in [1.82, 2.24) is 10.0 Å². The summed E-state index contributed by atoms with van der Waals surface area (Å²) in [6, 6.07) is 1.75. The van der Waals surface area contributed by atoms with Crippen molar-refractivity contribution < 1.29 is 8.42 Å². The van der Waals surface area contributed by atoms with Gasteiger partial charge in [-0.1, -0.05) is 6.92 Å². The van der Waals surface area contributed by atoms with E-state index in [1.54, 1.807) is 23.2 Å². The second-order valence-corrected chi connectivity index (χ2v) is 7.88. The molecular weight excluding hydrogens is 300 g/mol. The molecule has 1 rings (SSSR count). The summed E-state index contributed by atoms with van der Waals surface area (Å²) in [6.07, 6.45) is 3.98. The second-order valence-electron chi connectivity index (χ2n) is 4.13. The van der Waals surface area contributed by atoms with Gasteiger partial charge in [-0.3, -0.25) is 0 Å². The van der Waals surface area contributed by atoms with Crippen LogP contribution in [0, 0.1) is 0 Å². The third-order valence-corrected chi connectivity index (χ3v) is 5.78. The molecule has 1 heterocycles. The number of thioether (sulfide) groups is 1. The largest absolute Gasteiger partial charge is 0.312 e. The van der Waals surface area contributed by atoms with Crippen molar-refractivity contribution in [2.24, 2.45) is 0 Å². The van der Waals surface area contributed by atoms with Crippen LogP contribution in [-0.2, 0) is 16.6 Å². The van der Waals surface area contributed by atoms with E-state index >= 15 is 0 Å². The number of thiophene rings is 1. The van der Waals surface area contributed by atoms with Crippen molar-refractivity contribution in [3.8, 4) is 0 Å². The Balaban J connectivity index is 2.45. The molecule has 110 valence electrons. The van der Waals surface area contributed by atoms with Gasteiger partial charge >= 0.3 is 0 Å². The lowest BCUT2D eigenvalue weighted by molar-refractivity contribution is 0.579. The summed E-state index contributed by atoms with van der Waals surface area (Å²) in [5.41, 5.74) is 0. The Bertz CT molecular complexity index is 457. The molecule has 0 saturated carbocycles. The molecule has 0 saturated heterocycles. The van der Waals surface area contributed by atoms with Gasteiger partial charge in [0.05, 0.1) is 4.90 Å². The molecule has 0 aliphatic heterocycles. The monoisotopic (exact) mass is 322 g/mol. The highest BCUT2D eigenvalue weighted by Crippen LogP contribution is 2.19. The van der Waals surface area contributed by atoms with Crippen LogP contribution < -0.4 is 10.0 Å². The van der Waals surface area contributed by atoms with Crippen molar-refractivity contribution in [3.63, 3.8) is 0 Å². The summed E-state index contributed by atoms with van der Waals surface area (Å²) in [5, 5.41) is 4.89. The van der Waals surface area contributed by atoms with E-state index in [2.05, 4.69) is 16.3 Å². The van der Waals surface area contributed by atoms with Crippen molar-refractivity contribution >= 4 is 33.1 Å². The molecule has 0 fully saturated rings. The van der Waals surface area contributed by atoms with Crippen LogP contribution in [0.4, 0.5) is 0 Å². The minimum Gasteiger partial charge on any atom is -0.312 e. The molecule has 1 aromatic heterocycles. The van der Waals surface area contributed by atoms with E-state index in [0.29, 0.717) is 11.4 Å². The molecular formula is C12H22N2O2S3. The lowest BCUT2D eigenvalue weighted by Crippen LogP contribution is -2.24. The van der Waals surface area contributed by atoms with Gasteiger partial charge in [0.25, 0.3) is 0 Å². The van der Waals surface area contributed by atoms with E-state index < -0.39 is 10.0 Å². The average Bonchev–Trinajstić information content (AvgIpc) is 2.85. The van der Waals surface area contributed by atoms with Crippen LogP contribution in [0.2, 0.25) is 0 Å². The first kappa shape index (κ1) is 17.0. The highest BCUT2D eigenvalue weighted by molar-refractivity contribution is 7.98.